The van der Waals surface area contributed by atoms with Gasteiger partial charge in [0.2, 0.25) is 0 Å². The molecule has 4 rings (SSSR count). The molecule has 0 saturated carbocycles. The number of rotatable bonds is 9. The van der Waals surface area contributed by atoms with Gasteiger partial charge in [0.1, 0.15) is 23.8 Å². The van der Waals surface area contributed by atoms with Crippen LogP contribution in [-0.2, 0) is 17.9 Å². The molecule has 0 saturated heterocycles. The van der Waals surface area contributed by atoms with Crippen LogP contribution in [0.1, 0.15) is 74.1 Å². The van der Waals surface area contributed by atoms with E-state index < -0.39 is 0 Å². The van der Waals surface area contributed by atoms with E-state index in [9.17, 15) is 14.7 Å². The molecule has 2 heterocycles. The van der Waals surface area contributed by atoms with E-state index in [1.54, 1.807) is 40.1 Å². The van der Waals surface area contributed by atoms with Crippen LogP contribution in [0.3, 0.4) is 0 Å². The number of ether oxygens (including phenoxy) is 1. The lowest BCUT2D eigenvalue weighted by Gasteiger charge is -2.23. The number of allylic oxidation sites excluding steroid dienone is 6. The summed E-state index contributed by atoms with van der Waals surface area (Å²) in [6.45, 7) is 11.4. The third kappa shape index (κ3) is 9.39. The van der Waals surface area contributed by atoms with Gasteiger partial charge < -0.3 is 14.7 Å². The lowest BCUT2D eigenvalue weighted by atomic mass is 9.87. The van der Waals surface area contributed by atoms with E-state index in [-0.39, 0.29) is 35.0 Å². The number of aromatic hydroxyl groups is 1. The number of nitrogens with zero attached hydrogens (tertiary/aromatic N) is 4. The first-order chi connectivity index (χ1) is 21.0. The molecule has 1 aliphatic rings. The molecule has 230 valence electrons. The summed E-state index contributed by atoms with van der Waals surface area (Å²) < 4.78 is 7.46. The Morgan fingerprint density at radius 1 is 1.09 bits per heavy atom. The Kier molecular flexibility index (Phi) is 10.7. The second-order valence-electron chi connectivity index (χ2n) is 12.0. The van der Waals surface area contributed by atoms with Crippen molar-refractivity contribution in [1.82, 2.24) is 19.9 Å². The summed E-state index contributed by atoms with van der Waals surface area (Å²) in [7, 11) is 0. The molecule has 44 heavy (non-hydrogen) atoms. The van der Waals surface area contributed by atoms with E-state index in [0.717, 1.165) is 36.1 Å². The number of hydrogen-bond donors (Lipinski definition) is 1. The van der Waals surface area contributed by atoms with Crippen LogP contribution < -0.4 is 4.74 Å². The molecule has 0 aliphatic carbocycles. The average molecular weight is 595 g/mol. The molecule has 8 nitrogen and oxygen atoms in total. The summed E-state index contributed by atoms with van der Waals surface area (Å²) in [5.41, 5.74) is 5.04. The first-order valence-corrected chi connectivity index (χ1v) is 15.0. The van der Waals surface area contributed by atoms with Gasteiger partial charge in [-0.25, -0.2) is 4.68 Å². The molecular formula is C36H42N4O4. The topological polar surface area (TPSA) is 97.5 Å². The van der Waals surface area contributed by atoms with Gasteiger partial charge in [0.25, 0.3) is 5.91 Å². The second kappa shape index (κ2) is 14.6. The fourth-order valence-electron chi connectivity index (χ4n) is 4.68. The van der Waals surface area contributed by atoms with Gasteiger partial charge in [-0.05, 0) is 69.2 Å². The van der Waals surface area contributed by atoms with Crippen LogP contribution in [0.15, 0.2) is 90.3 Å². The normalized spacial score (nSPS) is 18.9. The highest BCUT2D eigenvalue weighted by molar-refractivity contribution is 6.08. The zero-order valence-electron chi connectivity index (χ0n) is 26.3. The van der Waals surface area contributed by atoms with Crippen molar-refractivity contribution in [3.63, 3.8) is 0 Å². The van der Waals surface area contributed by atoms with Gasteiger partial charge in [0.15, 0.2) is 5.78 Å². The van der Waals surface area contributed by atoms with Crippen LogP contribution in [-0.4, -0.2) is 43.3 Å². The summed E-state index contributed by atoms with van der Waals surface area (Å²) in [5.74, 6) is -0.0885. The lowest BCUT2D eigenvalue weighted by Crippen LogP contribution is -2.28. The van der Waals surface area contributed by atoms with Crippen LogP contribution in [0.4, 0.5) is 0 Å². The maximum absolute atomic E-state index is 13.2. The van der Waals surface area contributed by atoms with Crippen molar-refractivity contribution < 1.29 is 19.4 Å². The lowest BCUT2D eigenvalue weighted by molar-refractivity contribution is -0.124. The maximum atomic E-state index is 13.2. The van der Waals surface area contributed by atoms with E-state index >= 15 is 0 Å². The number of carbonyl (C=O) groups is 2. The fourth-order valence-corrected chi connectivity index (χ4v) is 4.68. The molecule has 2 aromatic carbocycles. The number of aromatic nitrogens is 3. The number of amides is 1. The Morgan fingerprint density at radius 2 is 1.86 bits per heavy atom. The second-order valence-corrected chi connectivity index (χ2v) is 12.0. The van der Waals surface area contributed by atoms with Crippen molar-refractivity contribution in [3.05, 3.63) is 113 Å². The summed E-state index contributed by atoms with van der Waals surface area (Å²) >= 11 is 0. The van der Waals surface area contributed by atoms with Crippen molar-refractivity contribution in [3.8, 4) is 11.5 Å². The monoisotopic (exact) mass is 594 g/mol. The maximum Gasteiger partial charge on any atom is 0.250 e. The number of phenols is 1. The van der Waals surface area contributed by atoms with Gasteiger partial charge in [-0.3, -0.25) is 9.59 Å². The number of aryl methyl sites for hydroxylation is 1. The number of ketones is 1. The average Bonchev–Trinajstić information content (AvgIpc) is 3.44. The molecule has 1 N–H and O–H groups in total. The van der Waals surface area contributed by atoms with Gasteiger partial charge in [-0.15, -0.1) is 5.10 Å². The molecule has 0 spiro atoms. The minimum atomic E-state index is -0.295. The molecule has 1 aromatic heterocycles. The van der Waals surface area contributed by atoms with E-state index in [1.807, 2.05) is 44.2 Å². The van der Waals surface area contributed by atoms with Crippen molar-refractivity contribution in [1.29, 1.82) is 0 Å². The summed E-state index contributed by atoms with van der Waals surface area (Å²) in [4.78, 5) is 27.5. The fraction of sp³-hybridized carbons (Fsp3) is 0.333. The number of phenolic OH excluding ortho intramolecular Hbond substituents is 1. The number of carbonyl (C=O) groups excluding carboxylic acids is 2. The highest BCUT2D eigenvalue weighted by atomic mass is 16.5. The van der Waals surface area contributed by atoms with Crippen molar-refractivity contribution in [2.24, 2.45) is 5.41 Å². The van der Waals surface area contributed by atoms with Gasteiger partial charge in [0.05, 0.1) is 24.8 Å². The van der Waals surface area contributed by atoms with E-state index in [0.29, 0.717) is 24.5 Å². The van der Waals surface area contributed by atoms with Gasteiger partial charge in [-0.1, -0.05) is 78.8 Å². The van der Waals surface area contributed by atoms with Crippen LogP contribution >= 0.6 is 0 Å². The molecule has 0 radical (unpaired) electrons. The Bertz CT molecular complexity index is 1590. The minimum Gasteiger partial charge on any atom is -0.507 e. The Hall–Kier alpha value is -4.72. The Morgan fingerprint density at radius 3 is 2.61 bits per heavy atom. The van der Waals surface area contributed by atoms with Gasteiger partial charge >= 0.3 is 0 Å². The molecule has 0 unspecified atom stereocenters. The zero-order chi connectivity index (χ0) is 31.7. The minimum absolute atomic E-state index is 0.0849. The molecule has 0 fully saturated rings. The summed E-state index contributed by atoms with van der Waals surface area (Å²) in [6, 6.07) is 12.5. The third-order valence-electron chi connectivity index (χ3n) is 7.56. The molecule has 8 heteroatoms. The van der Waals surface area contributed by atoms with Gasteiger partial charge in [0, 0.05) is 17.8 Å². The van der Waals surface area contributed by atoms with Crippen LogP contribution in [0.25, 0.3) is 6.08 Å². The predicted molar refractivity (Wildman–Crippen MR) is 173 cm³/mol. The SMILES string of the molecule is C/C1=C/CC(C)(C)/C=C\C(=O)N(Cc2cn(CCOc3ccc(C(=O)/C=C/c4ccc(C)cc4)c(O)c3)nn2)/C(C)=C\CC1. The smallest absolute Gasteiger partial charge is 0.250 e. The van der Waals surface area contributed by atoms with E-state index in [4.69, 9.17) is 4.74 Å². The Balaban J connectivity index is 1.34. The van der Waals surface area contributed by atoms with Crippen LogP contribution in [0.5, 0.6) is 11.5 Å². The van der Waals surface area contributed by atoms with Crippen molar-refractivity contribution in [2.45, 2.75) is 67.0 Å². The number of hydrogen-bond acceptors (Lipinski definition) is 6. The highest BCUT2D eigenvalue weighted by Gasteiger charge is 2.19. The first-order valence-electron chi connectivity index (χ1n) is 15.0. The molecular weight excluding hydrogens is 552 g/mol. The van der Waals surface area contributed by atoms with E-state index in [1.165, 1.54) is 17.7 Å². The predicted octanol–water partition coefficient (Wildman–Crippen LogP) is 7.21. The largest absolute Gasteiger partial charge is 0.507 e. The molecule has 0 atom stereocenters. The quantitative estimate of drug-likeness (QED) is 0.160. The Labute approximate surface area is 260 Å². The molecule has 3 aromatic rings. The molecule has 0 bridgehead atoms. The molecule has 1 aliphatic heterocycles. The third-order valence-corrected chi connectivity index (χ3v) is 7.56. The van der Waals surface area contributed by atoms with Gasteiger partial charge in [-0.2, -0.15) is 0 Å². The molecule has 1 amide bonds. The number of benzene rings is 2. The van der Waals surface area contributed by atoms with Crippen LogP contribution in [0.2, 0.25) is 0 Å². The van der Waals surface area contributed by atoms with Crippen molar-refractivity contribution in [2.75, 3.05) is 6.61 Å². The van der Waals surface area contributed by atoms with Crippen molar-refractivity contribution >= 4 is 17.8 Å². The first kappa shape index (κ1) is 32.2. The standard InChI is InChI=1S/C36H42N4O4/c1-26-7-6-8-28(3)40(35(43)18-20-36(4,5)19-17-26)25-30-24-39(38-37-30)21-22-44-31-14-15-32(34(42)23-31)33(41)16-13-29-11-9-27(2)10-12-29/h8-18,20,23-24,42H,6-7,19,21-22,25H2,1-5H3/b16-13+,20-18-,26-17-,28-8-. The zero-order valence-corrected chi connectivity index (χ0v) is 26.3. The highest BCUT2D eigenvalue weighted by Crippen LogP contribution is 2.26. The summed E-state index contributed by atoms with van der Waals surface area (Å²) in [6.07, 6.45) is 15.7. The van der Waals surface area contributed by atoms with Crippen LogP contribution in [0, 0.1) is 12.3 Å². The summed E-state index contributed by atoms with van der Waals surface area (Å²) in [5, 5.41) is 18.9. The van der Waals surface area contributed by atoms with E-state index in [2.05, 4.69) is 43.2 Å².